The van der Waals surface area contributed by atoms with E-state index in [0.29, 0.717) is 27.5 Å². The summed E-state index contributed by atoms with van der Waals surface area (Å²) in [4.78, 5) is 26.6. The molecule has 2 heterocycles. The molecule has 3 aromatic carbocycles. The number of methoxy groups -OCH3 is 1. The third-order valence-electron chi connectivity index (χ3n) is 5.96. The molecule has 0 unspecified atom stereocenters. The van der Waals surface area contributed by atoms with Gasteiger partial charge in [0, 0.05) is 10.8 Å². The zero-order valence-electron chi connectivity index (χ0n) is 18.4. The van der Waals surface area contributed by atoms with Crippen LogP contribution in [0.2, 0.25) is 0 Å². The number of benzene rings is 3. The molecule has 0 radical (unpaired) electrons. The average Bonchev–Trinajstić information content (AvgIpc) is 2.84. The maximum absolute atomic E-state index is 13.3. The fraction of sp³-hybridized carbons (Fsp3) is 0.0769. The summed E-state index contributed by atoms with van der Waals surface area (Å²) in [6.45, 7) is 0. The number of nitrogen functional groups attached to an aromatic ring is 2. The summed E-state index contributed by atoms with van der Waals surface area (Å²) in [5.41, 5.74) is 12.9. The molecule has 5 rings (SSSR count). The van der Waals surface area contributed by atoms with E-state index in [1.165, 1.54) is 13.2 Å². The zero-order chi connectivity index (χ0) is 24.9. The monoisotopic (exact) mass is 534 g/mol. The normalized spacial score (nSPS) is 11.4. The maximum Gasteiger partial charge on any atom is 0.342 e. The Morgan fingerprint density at radius 2 is 1.34 bits per heavy atom. The van der Waals surface area contributed by atoms with Crippen molar-refractivity contribution in [3.63, 3.8) is 0 Å². The minimum Gasteiger partial charge on any atom is -0.503 e. The Balaban J connectivity index is 1.94. The Hall–Kier alpha value is -4.24. The second-order valence-electron chi connectivity index (χ2n) is 7.91. The smallest absolute Gasteiger partial charge is 0.342 e. The number of halogens is 1. The van der Waals surface area contributed by atoms with Gasteiger partial charge in [-0.1, -0.05) is 24.3 Å². The van der Waals surface area contributed by atoms with Crippen molar-refractivity contribution in [2.75, 3.05) is 18.6 Å². The third kappa shape index (κ3) is 3.60. The van der Waals surface area contributed by atoms with E-state index in [9.17, 15) is 14.7 Å². The average molecular weight is 535 g/mol. The zero-order valence-corrected chi connectivity index (χ0v) is 20.0. The quantitative estimate of drug-likeness (QED) is 0.281. The van der Waals surface area contributed by atoms with Crippen LogP contribution in [0.4, 0.5) is 11.4 Å². The molecular weight excluding hydrogens is 516 g/mol. The third-order valence-corrected chi connectivity index (χ3v) is 6.57. The van der Waals surface area contributed by atoms with Gasteiger partial charge in [0.15, 0.2) is 11.5 Å². The number of fused-ring (bicyclic) bond motifs is 2. The number of aromatic hydroxyl groups is 1. The van der Waals surface area contributed by atoms with Crippen LogP contribution in [0.25, 0.3) is 21.9 Å². The highest BCUT2D eigenvalue weighted by atomic mass is 79.9. The highest BCUT2D eigenvalue weighted by Crippen LogP contribution is 2.43. The van der Waals surface area contributed by atoms with Crippen LogP contribution < -0.4 is 27.5 Å². The van der Waals surface area contributed by atoms with E-state index in [2.05, 4.69) is 15.9 Å². The lowest BCUT2D eigenvalue weighted by Gasteiger charge is -2.22. The van der Waals surface area contributed by atoms with Gasteiger partial charge in [-0.2, -0.15) is 0 Å². The Bertz CT molecular complexity index is 1640. The summed E-state index contributed by atoms with van der Waals surface area (Å²) in [6, 6.07) is 16.7. The fourth-order valence-electron chi connectivity index (χ4n) is 4.32. The summed E-state index contributed by atoms with van der Waals surface area (Å²) < 4.78 is 16.7. The molecule has 0 aliphatic carbocycles. The molecule has 5 aromatic rings. The van der Waals surface area contributed by atoms with Crippen LogP contribution in [0.5, 0.6) is 11.5 Å². The van der Waals surface area contributed by atoms with Crippen molar-refractivity contribution >= 4 is 49.2 Å². The van der Waals surface area contributed by atoms with Gasteiger partial charge in [0.25, 0.3) is 0 Å². The topological polar surface area (TPSA) is 142 Å². The first-order valence-electron chi connectivity index (χ1n) is 10.5. The van der Waals surface area contributed by atoms with Crippen molar-refractivity contribution in [3.05, 3.63) is 103 Å². The molecule has 0 spiro atoms. The van der Waals surface area contributed by atoms with E-state index < -0.39 is 17.2 Å². The number of rotatable bonds is 4. The van der Waals surface area contributed by atoms with Gasteiger partial charge >= 0.3 is 11.3 Å². The Labute approximate surface area is 206 Å². The van der Waals surface area contributed by atoms with E-state index in [-0.39, 0.29) is 38.5 Å². The first-order valence-corrected chi connectivity index (χ1v) is 11.3. The summed E-state index contributed by atoms with van der Waals surface area (Å²) in [5.74, 6) is -1.12. The van der Waals surface area contributed by atoms with Crippen LogP contribution in [0.15, 0.2) is 83.6 Å². The minimum absolute atomic E-state index is 0.0117. The molecule has 8 nitrogen and oxygen atoms in total. The molecule has 0 bridgehead atoms. The largest absolute Gasteiger partial charge is 0.503 e. The van der Waals surface area contributed by atoms with E-state index in [4.69, 9.17) is 25.0 Å². The van der Waals surface area contributed by atoms with Gasteiger partial charge in [-0.05, 0) is 57.9 Å². The van der Waals surface area contributed by atoms with Crippen molar-refractivity contribution in [3.8, 4) is 11.5 Å². The summed E-state index contributed by atoms with van der Waals surface area (Å²) in [5, 5.41) is 11.4. The maximum atomic E-state index is 13.3. The number of phenols is 1. The summed E-state index contributed by atoms with van der Waals surface area (Å²) in [7, 11) is 1.39. The van der Waals surface area contributed by atoms with Crippen molar-refractivity contribution in [1.29, 1.82) is 0 Å². The van der Waals surface area contributed by atoms with Gasteiger partial charge in [-0.25, -0.2) is 9.59 Å². The predicted octanol–water partition coefficient (Wildman–Crippen LogP) is 4.72. The van der Waals surface area contributed by atoms with E-state index >= 15 is 0 Å². The molecule has 0 aliphatic rings. The molecule has 176 valence electrons. The molecule has 2 aromatic heterocycles. The lowest BCUT2D eigenvalue weighted by Crippen LogP contribution is -2.24. The van der Waals surface area contributed by atoms with Crippen LogP contribution in [-0.2, 0) is 0 Å². The number of phenolic OH excluding ortho intramolecular Hbond substituents is 1. The Kier molecular flexibility index (Phi) is 5.49. The van der Waals surface area contributed by atoms with Crippen molar-refractivity contribution in [2.24, 2.45) is 0 Å². The number of hydrogen-bond acceptors (Lipinski definition) is 8. The lowest BCUT2D eigenvalue weighted by atomic mass is 9.84. The number of anilines is 2. The molecule has 0 saturated carbocycles. The van der Waals surface area contributed by atoms with Gasteiger partial charge in [0.2, 0.25) is 0 Å². The van der Waals surface area contributed by atoms with Gasteiger partial charge in [-0.15, -0.1) is 0 Å². The Morgan fingerprint density at radius 1 is 0.857 bits per heavy atom. The first-order chi connectivity index (χ1) is 16.8. The summed E-state index contributed by atoms with van der Waals surface area (Å²) in [6.07, 6.45) is 0. The Morgan fingerprint density at radius 3 is 1.83 bits per heavy atom. The SMILES string of the molecule is COc1cc(C(c2c(N)c3ccccc3oc2=O)c2c(N)c3ccccc3oc2=O)cc(Br)c1O. The molecule has 0 amide bonds. The van der Waals surface area contributed by atoms with Crippen LogP contribution in [0.1, 0.15) is 22.6 Å². The highest BCUT2D eigenvalue weighted by Gasteiger charge is 2.32. The molecule has 9 heteroatoms. The first kappa shape index (κ1) is 22.5. The van der Waals surface area contributed by atoms with Crippen LogP contribution in [0.3, 0.4) is 0 Å². The number of ether oxygens (including phenoxy) is 1. The van der Waals surface area contributed by atoms with Crippen molar-refractivity contribution < 1.29 is 18.7 Å². The molecular formula is C26H19BrN2O6. The van der Waals surface area contributed by atoms with Gasteiger partial charge in [0.1, 0.15) is 11.2 Å². The number of nitrogens with two attached hydrogens (primary N) is 2. The predicted molar refractivity (Wildman–Crippen MR) is 137 cm³/mol. The molecule has 0 aliphatic heterocycles. The molecule has 35 heavy (non-hydrogen) atoms. The van der Waals surface area contributed by atoms with Gasteiger partial charge < -0.3 is 30.1 Å². The molecule has 5 N–H and O–H groups in total. The standard InChI is InChI=1S/C26H19BrN2O6/c1-33-18-11-12(10-15(27)24(18)30)19(20-22(28)13-6-2-4-8-16(13)34-25(20)31)21-23(29)14-7-3-5-9-17(14)35-26(21)32/h2-11,19,30H,28-29H2,1H3. The van der Waals surface area contributed by atoms with Crippen molar-refractivity contribution in [2.45, 2.75) is 5.92 Å². The molecule has 0 atom stereocenters. The molecule has 0 fully saturated rings. The molecule has 0 saturated heterocycles. The minimum atomic E-state index is -1.09. The van der Waals surface area contributed by atoms with Gasteiger partial charge in [0.05, 0.1) is 40.0 Å². The highest BCUT2D eigenvalue weighted by molar-refractivity contribution is 9.10. The van der Waals surface area contributed by atoms with Crippen LogP contribution >= 0.6 is 15.9 Å². The number of hydrogen-bond donors (Lipinski definition) is 3. The summed E-state index contributed by atoms with van der Waals surface area (Å²) >= 11 is 3.31. The second-order valence-corrected chi connectivity index (χ2v) is 8.77. The lowest BCUT2D eigenvalue weighted by molar-refractivity contribution is 0.371. The fourth-order valence-corrected chi connectivity index (χ4v) is 4.78. The van der Waals surface area contributed by atoms with E-state index in [1.807, 2.05) is 0 Å². The van der Waals surface area contributed by atoms with Crippen LogP contribution in [-0.4, -0.2) is 12.2 Å². The van der Waals surface area contributed by atoms with Crippen LogP contribution in [0, 0.1) is 0 Å². The number of para-hydroxylation sites is 2. The van der Waals surface area contributed by atoms with E-state index in [1.54, 1.807) is 54.6 Å². The second kappa shape index (κ2) is 8.52. The van der Waals surface area contributed by atoms with Crippen molar-refractivity contribution in [1.82, 2.24) is 0 Å². The van der Waals surface area contributed by atoms with Gasteiger partial charge in [-0.3, -0.25) is 0 Å². The van der Waals surface area contributed by atoms with E-state index in [0.717, 1.165) is 0 Å².